The minimum absolute atomic E-state index is 0.137. The van der Waals surface area contributed by atoms with E-state index in [4.69, 9.17) is 19.3 Å². The second kappa shape index (κ2) is 9.86. The maximum atomic E-state index is 11.3. The summed E-state index contributed by atoms with van der Waals surface area (Å²) in [7, 11) is -1.95. The molecule has 0 heterocycles. The van der Waals surface area contributed by atoms with E-state index >= 15 is 0 Å². The van der Waals surface area contributed by atoms with Crippen LogP contribution in [0.15, 0.2) is 30.3 Å². The first-order valence-corrected chi connectivity index (χ1v) is 8.44. The molecule has 1 unspecified atom stereocenters. The highest BCUT2D eigenvalue weighted by Gasteiger charge is 2.18. The van der Waals surface area contributed by atoms with Gasteiger partial charge in [-0.05, 0) is 5.56 Å². The van der Waals surface area contributed by atoms with Crippen LogP contribution in [-0.4, -0.2) is 54.3 Å². The Morgan fingerprint density at radius 3 is 2.29 bits per heavy atom. The van der Waals surface area contributed by atoms with Crippen LogP contribution in [0.2, 0.25) is 0 Å². The van der Waals surface area contributed by atoms with Gasteiger partial charge in [0.25, 0.3) is 0 Å². The van der Waals surface area contributed by atoms with Crippen molar-refractivity contribution in [2.24, 2.45) is 5.14 Å². The zero-order valence-electron chi connectivity index (χ0n) is 12.2. The first kappa shape index (κ1) is 18.1. The Labute approximate surface area is 126 Å². The largest absolute Gasteiger partial charge is 0.382 e. The molecule has 0 aromatic heterocycles. The van der Waals surface area contributed by atoms with Gasteiger partial charge in [0.1, 0.15) is 0 Å². The molecule has 2 N–H and O–H groups in total. The monoisotopic (exact) mass is 317 g/mol. The first-order valence-electron chi connectivity index (χ1n) is 6.73. The van der Waals surface area contributed by atoms with E-state index in [0.29, 0.717) is 26.4 Å². The number of rotatable bonds is 11. The van der Waals surface area contributed by atoms with Crippen molar-refractivity contribution >= 4 is 10.0 Å². The maximum Gasteiger partial charge on any atom is 0.209 e. The van der Waals surface area contributed by atoms with Crippen molar-refractivity contribution in [3.05, 3.63) is 35.9 Å². The van der Waals surface area contributed by atoms with Gasteiger partial charge in [-0.3, -0.25) is 0 Å². The molecule has 0 amide bonds. The molecule has 6 nitrogen and oxygen atoms in total. The van der Waals surface area contributed by atoms with Crippen LogP contribution in [-0.2, 0) is 24.2 Å². The van der Waals surface area contributed by atoms with Crippen LogP contribution in [0.4, 0.5) is 0 Å². The molecular formula is C14H23NO5S. The zero-order chi connectivity index (χ0) is 15.6. The summed E-state index contributed by atoms with van der Waals surface area (Å²) in [6.45, 7) is 2.18. The minimum atomic E-state index is -3.55. The fraction of sp³-hybridized carbons (Fsp3) is 0.571. The summed E-state index contributed by atoms with van der Waals surface area (Å²) in [6.07, 6.45) is 0. The Bertz CT molecular complexity index is 477. The van der Waals surface area contributed by atoms with E-state index in [1.807, 2.05) is 30.3 Å². The van der Waals surface area contributed by atoms with E-state index < -0.39 is 10.0 Å². The number of benzene rings is 1. The fourth-order valence-corrected chi connectivity index (χ4v) is 2.68. The van der Waals surface area contributed by atoms with Gasteiger partial charge >= 0.3 is 0 Å². The van der Waals surface area contributed by atoms with Crippen LogP contribution >= 0.6 is 0 Å². The highest BCUT2D eigenvalue weighted by Crippen LogP contribution is 2.17. The molecule has 0 spiro atoms. The molecular weight excluding hydrogens is 294 g/mol. The molecule has 0 fully saturated rings. The van der Waals surface area contributed by atoms with Gasteiger partial charge < -0.3 is 14.2 Å². The summed E-state index contributed by atoms with van der Waals surface area (Å²) in [4.78, 5) is 0. The molecule has 0 aliphatic heterocycles. The van der Waals surface area contributed by atoms with Crippen LogP contribution in [0.3, 0.4) is 0 Å². The summed E-state index contributed by atoms with van der Waals surface area (Å²) in [6, 6.07) is 9.34. The highest BCUT2D eigenvalue weighted by atomic mass is 32.2. The van der Waals surface area contributed by atoms with Crippen LogP contribution in [0.1, 0.15) is 11.5 Å². The third-order valence-corrected chi connectivity index (χ3v) is 3.69. The van der Waals surface area contributed by atoms with Crippen molar-refractivity contribution in [3.63, 3.8) is 0 Å². The Morgan fingerprint density at radius 2 is 1.67 bits per heavy atom. The second-order valence-corrected chi connectivity index (χ2v) is 6.28. The predicted molar refractivity (Wildman–Crippen MR) is 80.7 cm³/mol. The molecule has 0 aliphatic carbocycles. The molecule has 1 aromatic rings. The SMILES string of the molecule is COCCOCCOCC(CS(N)(=O)=O)c1ccccc1. The number of ether oxygens (including phenoxy) is 3. The Balaban J connectivity index is 2.40. The zero-order valence-corrected chi connectivity index (χ0v) is 13.1. The van der Waals surface area contributed by atoms with Crippen LogP contribution in [0.5, 0.6) is 0 Å². The van der Waals surface area contributed by atoms with E-state index in [2.05, 4.69) is 0 Å². The van der Waals surface area contributed by atoms with Gasteiger partial charge in [0, 0.05) is 13.0 Å². The third-order valence-electron chi connectivity index (χ3n) is 2.83. The Kier molecular flexibility index (Phi) is 8.48. The summed E-state index contributed by atoms with van der Waals surface area (Å²) < 4.78 is 38.2. The lowest BCUT2D eigenvalue weighted by atomic mass is 10.0. The first-order chi connectivity index (χ1) is 10.0. The molecule has 0 aliphatic rings. The standard InChI is InChI=1S/C14H23NO5S/c1-18-7-8-19-9-10-20-11-14(12-21(15,16)17)13-5-3-2-4-6-13/h2-6,14H,7-12H2,1H3,(H2,15,16,17). The molecule has 0 saturated heterocycles. The summed E-state index contributed by atoms with van der Waals surface area (Å²) in [5.41, 5.74) is 0.895. The van der Waals surface area contributed by atoms with E-state index in [0.717, 1.165) is 5.56 Å². The van der Waals surface area contributed by atoms with Crippen molar-refractivity contribution in [2.75, 3.05) is 45.9 Å². The van der Waals surface area contributed by atoms with Gasteiger partial charge in [0.2, 0.25) is 10.0 Å². The van der Waals surface area contributed by atoms with Crippen molar-refractivity contribution in [1.29, 1.82) is 0 Å². The smallest absolute Gasteiger partial charge is 0.209 e. The van der Waals surface area contributed by atoms with Crippen LogP contribution in [0.25, 0.3) is 0 Å². The van der Waals surface area contributed by atoms with Crippen LogP contribution < -0.4 is 5.14 Å². The molecule has 21 heavy (non-hydrogen) atoms. The summed E-state index contributed by atoms with van der Waals surface area (Å²) in [5.74, 6) is -0.415. The van der Waals surface area contributed by atoms with E-state index in [1.165, 1.54) is 0 Å². The van der Waals surface area contributed by atoms with Crippen LogP contribution in [0, 0.1) is 0 Å². The predicted octanol–water partition coefficient (Wildman–Crippen LogP) is 0.738. The molecule has 0 radical (unpaired) electrons. The summed E-state index contributed by atoms with van der Waals surface area (Å²) >= 11 is 0. The van der Waals surface area contributed by atoms with E-state index in [-0.39, 0.29) is 18.3 Å². The lowest BCUT2D eigenvalue weighted by molar-refractivity contribution is 0.0223. The average molecular weight is 317 g/mol. The highest BCUT2D eigenvalue weighted by molar-refractivity contribution is 7.89. The number of methoxy groups -OCH3 is 1. The van der Waals surface area contributed by atoms with Gasteiger partial charge in [-0.2, -0.15) is 0 Å². The topological polar surface area (TPSA) is 87.8 Å². The average Bonchev–Trinajstić information content (AvgIpc) is 2.45. The van der Waals surface area contributed by atoms with E-state index in [1.54, 1.807) is 7.11 Å². The Morgan fingerprint density at radius 1 is 1.05 bits per heavy atom. The van der Waals surface area contributed by atoms with Gasteiger partial charge in [-0.25, -0.2) is 13.6 Å². The number of nitrogens with two attached hydrogens (primary N) is 1. The number of hydrogen-bond acceptors (Lipinski definition) is 5. The Hall–Kier alpha value is -0.990. The molecule has 0 saturated carbocycles. The molecule has 1 atom stereocenters. The van der Waals surface area contributed by atoms with Gasteiger partial charge in [-0.15, -0.1) is 0 Å². The van der Waals surface area contributed by atoms with Crippen molar-refractivity contribution in [3.8, 4) is 0 Å². The quantitative estimate of drug-likeness (QED) is 0.608. The van der Waals surface area contributed by atoms with Crippen molar-refractivity contribution in [1.82, 2.24) is 0 Å². The lowest BCUT2D eigenvalue weighted by Crippen LogP contribution is -2.25. The lowest BCUT2D eigenvalue weighted by Gasteiger charge is -2.16. The fourth-order valence-electron chi connectivity index (χ4n) is 1.83. The molecule has 7 heteroatoms. The molecule has 120 valence electrons. The molecule has 0 bridgehead atoms. The summed E-state index contributed by atoms with van der Waals surface area (Å²) in [5, 5.41) is 5.14. The normalized spacial score (nSPS) is 13.2. The van der Waals surface area contributed by atoms with Crippen molar-refractivity contribution in [2.45, 2.75) is 5.92 Å². The number of hydrogen-bond donors (Lipinski definition) is 1. The molecule has 1 aromatic carbocycles. The van der Waals surface area contributed by atoms with Gasteiger partial charge in [-0.1, -0.05) is 30.3 Å². The number of sulfonamides is 1. The number of primary sulfonamides is 1. The third kappa shape index (κ3) is 8.79. The molecule has 1 rings (SSSR count). The van der Waals surface area contributed by atoms with Gasteiger partial charge in [0.05, 0.1) is 38.8 Å². The second-order valence-electron chi connectivity index (χ2n) is 4.62. The van der Waals surface area contributed by atoms with Crippen molar-refractivity contribution < 1.29 is 22.6 Å². The maximum absolute atomic E-state index is 11.3. The minimum Gasteiger partial charge on any atom is -0.382 e. The van der Waals surface area contributed by atoms with Gasteiger partial charge in [0.15, 0.2) is 0 Å². The van der Waals surface area contributed by atoms with E-state index in [9.17, 15) is 8.42 Å².